The van der Waals surface area contributed by atoms with E-state index in [1.165, 1.54) is 61.3 Å². The quantitative estimate of drug-likeness (QED) is 0.248. The van der Waals surface area contributed by atoms with Crippen molar-refractivity contribution in [1.82, 2.24) is 0 Å². The van der Waals surface area contributed by atoms with E-state index < -0.39 is 0 Å². The van der Waals surface area contributed by atoms with Crippen molar-refractivity contribution >= 4 is 28.2 Å². The maximum absolute atomic E-state index is 2.41. The van der Waals surface area contributed by atoms with E-state index in [1.54, 1.807) is 0 Å². The van der Waals surface area contributed by atoms with Crippen LogP contribution < -0.4 is 4.90 Å². The number of anilines is 3. The maximum Gasteiger partial charge on any atom is 0.0468 e. The normalized spacial score (nSPS) is 14.1. The molecule has 0 saturated heterocycles. The first-order chi connectivity index (χ1) is 18.4. The van der Waals surface area contributed by atoms with E-state index in [2.05, 4.69) is 132 Å². The second-order valence-corrected chi connectivity index (χ2v) is 10.0. The van der Waals surface area contributed by atoms with E-state index in [1.807, 2.05) is 0 Å². The molecule has 0 aliphatic heterocycles. The standard InChI is InChI=1S/C36H25N/c1-3-11-24(12-4-1)37(25-13-5-2-6-14-25)26-21-22-28-31-18-10-19-32-33-20-9-17-30(36(33)34(28)23-26)27-15-7-8-16-29(27)35(31)32/h1-7,9-15,17-23H,8,16H2. The van der Waals surface area contributed by atoms with Gasteiger partial charge in [0.2, 0.25) is 0 Å². The highest BCUT2D eigenvalue weighted by Crippen LogP contribution is 2.56. The Morgan fingerprint density at radius 2 is 1.08 bits per heavy atom. The van der Waals surface area contributed by atoms with Gasteiger partial charge in [-0.3, -0.25) is 0 Å². The van der Waals surface area contributed by atoms with E-state index >= 15 is 0 Å². The molecule has 0 fully saturated rings. The summed E-state index contributed by atoms with van der Waals surface area (Å²) in [6.45, 7) is 0. The summed E-state index contributed by atoms with van der Waals surface area (Å²) in [4.78, 5) is 2.36. The van der Waals surface area contributed by atoms with Crippen LogP contribution in [0.3, 0.4) is 0 Å². The largest absolute Gasteiger partial charge is 0.310 e. The molecule has 0 amide bonds. The van der Waals surface area contributed by atoms with Crippen LogP contribution >= 0.6 is 0 Å². The maximum atomic E-state index is 2.41. The van der Waals surface area contributed by atoms with E-state index in [4.69, 9.17) is 0 Å². The Bertz CT molecular complexity index is 1720. The zero-order valence-electron chi connectivity index (χ0n) is 20.5. The van der Waals surface area contributed by atoms with Gasteiger partial charge in [0.25, 0.3) is 0 Å². The minimum absolute atomic E-state index is 1.09. The third-order valence-corrected chi connectivity index (χ3v) is 8.03. The lowest BCUT2D eigenvalue weighted by Gasteiger charge is -2.28. The molecule has 0 saturated carbocycles. The number of para-hydroxylation sites is 2. The van der Waals surface area contributed by atoms with Crippen molar-refractivity contribution in [3.63, 3.8) is 0 Å². The van der Waals surface area contributed by atoms with E-state index in [0.29, 0.717) is 0 Å². The highest BCUT2D eigenvalue weighted by Gasteiger charge is 2.32. The number of fused-ring (bicyclic) bond motifs is 3. The van der Waals surface area contributed by atoms with Crippen molar-refractivity contribution in [2.75, 3.05) is 4.90 Å². The topological polar surface area (TPSA) is 3.24 Å². The summed E-state index contributed by atoms with van der Waals surface area (Å²) in [5.74, 6) is 0. The van der Waals surface area contributed by atoms with Gasteiger partial charge in [-0.2, -0.15) is 0 Å². The van der Waals surface area contributed by atoms with Crippen molar-refractivity contribution in [2.24, 2.45) is 0 Å². The summed E-state index contributed by atoms with van der Waals surface area (Å²) in [6, 6.07) is 42.2. The van der Waals surface area contributed by atoms with Crippen LogP contribution in [0.2, 0.25) is 0 Å². The van der Waals surface area contributed by atoms with Crippen LogP contribution in [0.4, 0.5) is 17.1 Å². The smallest absolute Gasteiger partial charge is 0.0468 e. The average Bonchev–Trinajstić information content (AvgIpc) is 3.07. The van der Waals surface area contributed by atoms with Crippen molar-refractivity contribution < 1.29 is 0 Å². The number of hydrogen-bond acceptors (Lipinski definition) is 1. The summed E-state index contributed by atoms with van der Waals surface area (Å²) in [6.07, 6.45) is 6.90. The molecule has 1 heteroatoms. The van der Waals surface area contributed by atoms with Crippen molar-refractivity contribution in [1.29, 1.82) is 0 Å². The zero-order valence-corrected chi connectivity index (χ0v) is 20.5. The Kier molecular flexibility index (Phi) is 4.41. The SMILES string of the molecule is C1=CC2=C(CC1)c1c3cccc1-c1cccc2c1-c1cc(N(c2ccccc2)c2ccccc2)ccc1-3. The third-order valence-electron chi connectivity index (χ3n) is 8.03. The molecular formula is C36H25N. The monoisotopic (exact) mass is 471 g/mol. The molecule has 37 heavy (non-hydrogen) atoms. The first-order valence-corrected chi connectivity index (χ1v) is 13.1. The van der Waals surface area contributed by atoms with Crippen LogP contribution in [0.25, 0.3) is 44.5 Å². The van der Waals surface area contributed by atoms with Crippen LogP contribution in [0.5, 0.6) is 0 Å². The molecule has 0 spiro atoms. The van der Waals surface area contributed by atoms with Gasteiger partial charge in [0.05, 0.1) is 0 Å². The summed E-state index contributed by atoms with van der Waals surface area (Å²) < 4.78 is 0. The Labute approximate surface area is 217 Å². The molecule has 0 aromatic heterocycles. The molecular weight excluding hydrogens is 446 g/mol. The van der Waals surface area contributed by atoms with Crippen LogP contribution in [0, 0.1) is 0 Å². The molecule has 0 heterocycles. The van der Waals surface area contributed by atoms with Gasteiger partial charge in [-0.15, -0.1) is 0 Å². The second-order valence-electron chi connectivity index (χ2n) is 10.0. The highest BCUT2D eigenvalue weighted by atomic mass is 15.1. The molecule has 5 aromatic rings. The van der Waals surface area contributed by atoms with Gasteiger partial charge in [-0.1, -0.05) is 91.0 Å². The van der Waals surface area contributed by atoms with Crippen molar-refractivity contribution in [3.05, 3.63) is 139 Å². The van der Waals surface area contributed by atoms with Gasteiger partial charge < -0.3 is 4.90 Å². The predicted molar refractivity (Wildman–Crippen MR) is 156 cm³/mol. The molecule has 174 valence electrons. The van der Waals surface area contributed by atoms with Gasteiger partial charge in [-0.25, -0.2) is 0 Å². The van der Waals surface area contributed by atoms with E-state index in [9.17, 15) is 0 Å². The lowest BCUT2D eigenvalue weighted by Crippen LogP contribution is -2.10. The Hall–Kier alpha value is -4.62. The Morgan fingerprint density at radius 3 is 1.78 bits per heavy atom. The number of allylic oxidation sites excluding steroid dienone is 4. The summed E-state index contributed by atoms with van der Waals surface area (Å²) in [5, 5.41) is 0. The first-order valence-electron chi connectivity index (χ1n) is 13.1. The van der Waals surface area contributed by atoms with Crippen LogP contribution in [0.1, 0.15) is 24.0 Å². The fraction of sp³-hybridized carbons (Fsp3) is 0.0556. The molecule has 0 radical (unpaired) electrons. The number of hydrogen-bond donors (Lipinski definition) is 0. The number of rotatable bonds is 3. The third kappa shape index (κ3) is 2.98. The second kappa shape index (κ2) is 7.94. The summed E-state index contributed by atoms with van der Waals surface area (Å²) in [5.41, 5.74) is 17.2. The predicted octanol–water partition coefficient (Wildman–Crippen LogP) is 10.0. The van der Waals surface area contributed by atoms with E-state index in [0.717, 1.165) is 24.2 Å². The van der Waals surface area contributed by atoms with Crippen molar-refractivity contribution in [3.8, 4) is 33.4 Å². The molecule has 0 unspecified atom stereocenters. The Morgan fingerprint density at radius 1 is 0.459 bits per heavy atom. The van der Waals surface area contributed by atoms with Gasteiger partial charge >= 0.3 is 0 Å². The summed E-state index contributed by atoms with van der Waals surface area (Å²) in [7, 11) is 0. The number of benzene rings is 5. The highest BCUT2D eigenvalue weighted by molar-refractivity contribution is 6.16. The van der Waals surface area contributed by atoms with Crippen LogP contribution in [-0.4, -0.2) is 0 Å². The van der Waals surface area contributed by atoms with Gasteiger partial charge in [-0.05, 0) is 105 Å². The molecule has 5 aromatic carbocycles. The minimum atomic E-state index is 1.09. The fourth-order valence-electron chi connectivity index (χ4n) is 6.51. The lowest BCUT2D eigenvalue weighted by molar-refractivity contribution is 1.06. The lowest BCUT2D eigenvalue weighted by atomic mass is 9.80. The minimum Gasteiger partial charge on any atom is -0.310 e. The number of nitrogens with zero attached hydrogens (tertiary/aromatic N) is 1. The molecule has 0 atom stereocenters. The van der Waals surface area contributed by atoms with Gasteiger partial charge in [0.1, 0.15) is 0 Å². The summed E-state index contributed by atoms with van der Waals surface area (Å²) >= 11 is 0. The van der Waals surface area contributed by atoms with Crippen molar-refractivity contribution in [2.45, 2.75) is 12.8 Å². The van der Waals surface area contributed by atoms with E-state index in [-0.39, 0.29) is 0 Å². The molecule has 8 rings (SSSR count). The van der Waals surface area contributed by atoms with Crippen LogP contribution in [0.15, 0.2) is 127 Å². The molecule has 3 aliphatic rings. The Balaban J connectivity index is 1.45. The van der Waals surface area contributed by atoms with Crippen LogP contribution in [-0.2, 0) is 0 Å². The molecule has 1 nitrogen and oxygen atoms in total. The van der Waals surface area contributed by atoms with Gasteiger partial charge in [0.15, 0.2) is 0 Å². The molecule has 6 bridgehead atoms. The average molecular weight is 472 g/mol. The molecule has 3 aliphatic carbocycles. The zero-order chi connectivity index (χ0) is 24.3. The fourth-order valence-corrected chi connectivity index (χ4v) is 6.51. The first kappa shape index (κ1) is 20.6. The van der Waals surface area contributed by atoms with Gasteiger partial charge in [0, 0.05) is 17.1 Å². The molecule has 0 N–H and O–H groups in total.